The number of carbonyl (C=O) groups excluding carboxylic acids is 2. The van der Waals surface area contributed by atoms with Gasteiger partial charge in [0.2, 0.25) is 11.8 Å². The van der Waals surface area contributed by atoms with Crippen LogP contribution in [0.5, 0.6) is 0 Å². The molecule has 2 aromatic carbocycles. The zero-order chi connectivity index (χ0) is 19.0. The number of fused-ring (bicyclic) bond motifs is 1. The molecule has 1 aromatic heterocycles. The first kappa shape index (κ1) is 17.6. The summed E-state index contributed by atoms with van der Waals surface area (Å²) in [5.74, 6) is -0.134. The summed E-state index contributed by atoms with van der Waals surface area (Å²) in [6, 6.07) is 15.1. The third-order valence-corrected chi connectivity index (χ3v) is 4.83. The van der Waals surface area contributed by atoms with Crippen LogP contribution in [0.15, 0.2) is 54.6 Å². The highest BCUT2D eigenvalue weighted by atomic mass is 35.5. The van der Waals surface area contributed by atoms with Gasteiger partial charge < -0.3 is 10.6 Å². The van der Waals surface area contributed by atoms with Gasteiger partial charge in [0.15, 0.2) is 0 Å². The molecule has 136 valence electrons. The molecule has 3 aromatic rings. The van der Waals surface area contributed by atoms with E-state index in [1.807, 2.05) is 12.1 Å². The Balaban J connectivity index is 1.66. The number of nitrogens with zero attached hydrogens (tertiary/aromatic N) is 2. The van der Waals surface area contributed by atoms with E-state index in [1.165, 1.54) is 4.68 Å². The molecule has 0 aliphatic carbocycles. The molecule has 0 bridgehead atoms. The predicted octanol–water partition coefficient (Wildman–Crippen LogP) is 4.38. The van der Waals surface area contributed by atoms with E-state index in [2.05, 4.69) is 15.7 Å². The second-order valence-corrected chi connectivity index (χ2v) is 6.95. The zero-order valence-corrected chi connectivity index (χ0v) is 15.5. The van der Waals surface area contributed by atoms with Gasteiger partial charge in [-0.15, -0.1) is 0 Å². The molecule has 0 saturated heterocycles. The fourth-order valence-electron chi connectivity index (χ4n) is 2.93. The molecule has 8 heteroatoms. The molecule has 1 atom stereocenters. The van der Waals surface area contributed by atoms with E-state index < -0.39 is 6.04 Å². The highest BCUT2D eigenvalue weighted by Gasteiger charge is 2.32. The van der Waals surface area contributed by atoms with E-state index in [0.29, 0.717) is 27.2 Å². The van der Waals surface area contributed by atoms with Crippen LogP contribution in [0.3, 0.4) is 0 Å². The van der Waals surface area contributed by atoms with Gasteiger partial charge in [-0.1, -0.05) is 47.5 Å². The minimum absolute atomic E-state index is 0.00890. The summed E-state index contributed by atoms with van der Waals surface area (Å²) >= 11 is 12.0. The highest BCUT2D eigenvalue weighted by Crippen LogP contribution is 2.31. The molecular formula is C19H14Cl2N4O2. The van der Waals surface area contributed by atoms with Crippen LogP contribution in [0, 0.1) is 0 Å². The lowest BCUT2D eigenvalue weighted by Crippen LogP contribution is -2.35. The predicted molar refractivity (Wildman–Crippen MR) is 105 cm³/mol. The van der Waals surface area contributed by atoms with Crippen LogP contribution in [0.2, 0.25) is 10.0 Å². The number of carbonyl (C=O) groups is 2. The summed E-state index contributed by atoms with van der Waals surface area (Å²) in [7, 11) is 0. The molecule has 27 heavy (non-hydrogen) atoms. The number of rotatable bonds is 3. The lowest BCUT2D eigenvalue weighted by atomic mass is 10.1. The van der Waals surface area contributed by atoms with Crippen molar-refractivity contribution in [2.24, 2.45) is 0 Å². The lowest BCUT2D eigenvalue weighted by molar-refractivity contribution is -0.125. The van der Waals surface area contributed by atoms with Gasteiger partial charge in [0, 0.05) is 16.7 Å². The smallest absolute Gasteiger partial charge is 0.249 e. The van der Waals surface area contributed by atoms with E-state index >= 15 is 0 Å². The second kappa shape index (κ2) is 7.06. The van der Waals surface area contributed by atoms with Gasteiger partial charge in [-0.3, -0.25) is 9.59 Å². The van der Waals surface area contributed by atoms with Crippen LogP contribution in [-0.4, -0.2) is 21.6 Å². The number of nitrogens with one attached hydrogen (secondary N) is 2. The van der Waals surface area contributed by atoms with E-state index in [-0.39, 0.29) is 18.2 Å². The van der Waals surface area contributed by atoms with Crippen molar-refractivity contribution < 1.29 is 9.59 Å². The molecule has 1 unspecified atom stereocenters. The third kappa shape index (κ3) is 3.54. The largest absolute Gasteiger partial charge is 0.323 e. The van der Waals surface area contributed by atoms with Gasteiger partial charge in [-0.05, 0) is 24.3 Å². The molecule has 0 saturated carbocycles. The van der Waals surface area contributed by atoms with E-state index in [4.69, 9.17) is 23.2 Å². The molecule has 1 aliphatic heterocycles. The molecule has 0 spiro atoms. The molecule has 2 heterocycles. The standard InChI is InChI=1S/C19H14Cl2N4O2/c20-12-7-5-11(6-8-12)15-9-17-23-18(26)10-16(25(17)24-15)19(27)22-14-4-2-1-3-13(14)21/h1-9,16H,10H2,(H,22,27)(H,23,26). The Morgan fingerprint density at radius 2 is 1.89 bits per heavy atom. The monoisotopic (exact) mass is 400 g/mol. The Morgan fingerprint density at radius 3 is 2.63 bits per heavy atom. The molecule has 0 radical (unpaired) electrons. The van der Waals surface area contributed by atoms with Crippen molar-refractivity contribution in [1.82, 2.24) is 9.78 Å². The Hall–Kier alpha value is -2.83. The van der Waals surface area contributed by atoms with Gasteiger partial charge in [0.25, 0.3) is 0 Å². The number of hydrogen-bond acceptors (Lipinski definition) is 3. The minimum atomic E-state index is -0.772. The summed E-state index contributed by atoms with van der Waals surface area (Å²) in [6.45, 7) is 0. The van der Waals surface area contributed by atoms with Crippen LogP contribution < -0.4 is 10.6 Å². The normalized spacial score (nSPS) is 15.8. The topological polar surface area (TPSA) is 76.0 Å². The average molecular weight is 401 g/mol. The van der Waals surface area contributed by atoms with E-state index in [9.17, 15) is 9.59 Å². The van der Waals surface area contributed by atoms with Crippen molar-refractivity contribution in [2.75, 3.05) is 10.6 Å². The molecule has 4 rings (SSSR count). The Morgan fingerprint density at radius 1 is 1.15 bits per heavy atom. The van der Waals surface area contributed by atoms with Crippen LogP contribution in [-0.2, 0) is 9.59 Å². The van der Waals surface area contributed by atoms with Crippen LogP contribution in [0.4, 0.5) is 11.5 Å². The number of aromatic nitrogens is 2. The summed E-state index contributed by atoms with van der Waals surface area (Å²) in [4.78, 5) is 24.9. The quantitative estimate of drug-likeness (QED) is 0.684. The van der Waals surface area contributed by atoms with Crippen molar-refractivity contribution in [2.45, 2.75) is 12.5 Å². The summed E-state index contributed by atoms with van der Waals surface area (Å²) in [6.07, 6.45) is -0.00890. The third-order valence-electron chi connectivity index (χ3n) is 4.25. The van der Waals surface area contributed by atoms with Crippen molar-refractivity contribution in [1.29, 1.82) is 0 Å². The summed E-state index contributed by atoms with van der Waals surface area (Å²) in [5, 5.41) is 11.1. The lowest BCUT2D eigenvalue weighted by Gasteiger charge is -2.23. The van der Waals surface area contributed by atoms with Gasteiger partial charge >= 0.3 is 0 Å². The van der Waals surface area contributed by atoms with Gasteiger partial charge in [0.05, 0.1) is 22.8 Å². The second-order valence-electron chi connectivity index (χ2n) is 6.10. The molecule has 2 amide bonds. The molecular weight excluding hydrogens is 387 g/mol. The maximum absolute atomic E-state index is 12.8. The van der Waals surface area contributed by atoms with Crippen LogP contribution in [0.25, 0.3) is 11.3 Å². The number of hydrogen-bond donors (Lipinski definition) is 2. The van der Waals surface area contributed by atoms with Gasteiger partial charge in [-0.2, -0.15) is 5.10 Å². The first-order valence-electron chi connectivity index (χ1n) is 8.22. The number of anilines is 2. The molecule has 2 N–H and O–H groups in total. The van der Waals surface area contributed by atoms with Crippen molar-refractivity contribution in [3.05, 3.63) is 64.6 Å². The Labute approximate surface area is 165 Å². The first-order chi connectivity index (χ1) is 13.0. The van der Waals surface area contributed by atoms with Crippen molar-refractivity contribution in [3.63, 3.8) is 0 Å². The van der Waals surface area contributed by atoms with E-state index in [1.54, 1.807) is 42.5 Å². The van der Waals surface area contributed by atoms with Crippen molar-refractivity contribution >= 4 is 46.5 Å². The number of para-hydroxylation sites is 1. The zero-order valence-electron chi connectivity index (χ0n) is 13.9. The van der Waals surface area contributed by atoms with Crippen LogP contribution in [0.1, 0.15) is 12.5 Å². The molecule has 0 fully saturated rings. The Kier molecular flexibility index (Phi) is 4.59. The van der Waals surface area contributed by atoms with E-state index in [0.717, 1.165) is 5.56 Å². The van der Waals surface area contributed by atoms with Crippen LogP contribution >= 0.6 is 23.2 Å². The SMILES string of the molecule is O=C1CC(C(=O)Nc2ccccc2Cl)n2nc(-c3ccc(Cl)cc3)cc2N1. The Bertz CT molecular complexity index is 1030. The van der Waals surface area contributed by atoms with Gasteiger partial charge in [-0.25, -0.2) is 4.68 Å². The fourth-order valence-corrected chi connectivity index (χ4v) is 3.23. The fraction of sp³-hybridized carbons (Fsp3) is 0.105. The maximum Gasteiger partial charge on any atom is 0.249 e. The van der Waals surface area contributed by atoms with Gasteiger partial charge in [0.1, 0.15) is 11.9 Å². The maximum atomic E-state index is 12.8. The molecule has 6 nitrogen and oxygen atoms in total. The average Bonchev–Trinajstić information content (AvgIpc) is 3.07. The molecule has 1 aliphatic rings. The highest BCUT2D eigenvalue weighted by molar-refractivity contribution is 6.33. The summed E-state index contributed by atoms with van der Waals surface area (Å²) < 4.78 is 1.53. The first-order valence-corrected chi connectivity index (χ1v) is 8.97. The number of halogens is 2. The number of amides is 2. The summed E-state index contributed by atoms with van der Waals surface area (Å²) in [5.41, 5.74) is 1.96. The number of benzene rings is 2. The minimum Gasteiger partial charge on any atom is -0.323 e. The van der Waals surface area contributed by atoms with Crippen molar-refractivity contribution in [3.8, 4) is 11.3 Å².